The fourth-order valence-electron chi connectivity index (χ4n) is 9.48. The van der Waals surface area contributed by atoms with Gasteiger partial charge < -0.3 is 4.90 Å². The van der Waals surface area contributed by atoms with E-state index in [-0.39, 0.29) is 16.2 Å². The summed E-state index contributed by atoms with van der Waals surface area (Å²) in [5.74, 6) is 0. The van der Waals surface area contributed by atoms with Crippen LogP contribution in [0.4, 0.5) is 17.1 Å². The molecule has 0 unspecified atom stereocenters. The second kappa shape index (κ2) is 11.0. The molecule has 0 aromatic heterocycles. The number of hydrogen-bond acceptors (Lipinski definition) is 1. The van der Waals surface area contributed by atoms with Crippen molar-refractivity contribution in [1.82, 2.24) is 0 Å². The molecule has 0 spiro atoms. The van der Waals surface area contributed by atoms with Crippen LogP contribution in [0, 0.1) is 0 Å². The van der Waals surface area contributed by atoms with Crippen LogP contribution in [0.3, 0.4) is 0 Å². The first kappa shape index (κ1) is 31.6. The molecule has 0 aliphatic heterocycles. The van der Waals surface area contributed by atoms with E-state index < -0.39 is 0 Å². The molecule has 51 heavy (non-hydrogen) atoms. The first-order valence-corrected chi connectivity index (χ1v) is 18.4. The zero-order valence-corrected chi connectivity index (χ0v) is 30.8. The van der Waals surface area contributed by atoms with Crippen LogP contribution in [0.1, 0.15) is 76.3 Å². The SMILES string of the molecule is CC(C)(C)c1c2c(c(N(c3ccccc3)c3ccc(-c4cccc5ccccc45)cc3)c3c1-c1ccccc1C3(C)C)C(C)(C)c1ccccc1-2. The second-order valence-corrected chi connectivity index (χ2v) is 16.6. The predicted octanol–water partition coefficient (Wildman–Crippen LogP) is 13.9. The monoisotopic (exact) mass is 659 g/mol. The number of rotatable bonds is 4. The van der Waals surface area contributed by atoms with Crippen molar-refractivity contribution in [2.75, 3.05) is 4.90 Å². The Balaban J connectivity index is 1.40. The standard InChI is InChI=1S/C50H45N/c1-48(2,3)44-42-38-23-13-15-26-40(38)49(4,5)45(42)47(46-43(44)39-24-14-16-27-41(39)50(46,6)7)51(34-20-9-8-10-21-34)35-30-28-33(29-31-35)37-25-17-19-32-18-11-12-22-36(32)37/h8-31H,1-7H3. The van der Waals surface area contributed by atoms with Gasteiger partial charge in [0.15, 0.2) is 0 Å². The molecule has 0 atom stereocenters. The van der Waals surface area contributed by atoms with Crippen LogP contribution < -0.4 is 4.90 Å². The first-order chi connectivity index (χ1) is 24.5. The molecule has 250 valence electrons. The van der Waals surface area contributed by atoms with E-state index in [1.165, 1.54) is 83.3 Å². The molecule has 2 aliphatic carbocycles. The lowest BCUT2D eigenvalue weighted by Crippen LogP contribution is -2.27. The maximum absolute atomic E-state index is 2.58. The van der Waals surface area contributed by atoms with Gasteiger partial charge in [-0.15, -0.1) is 0 Å². The van der Waals surface area contributed by atoms with Crippen LogP contribution in [0.5, 0.6) is 0 Å². The normalized spacial score (nSPS) is 14.9. The van der Waals surface area contributed by atoms with Gasteiger partial charge >= 0.3 is 0 Å². The summed E-state index contributed by atoms with van der Waals surface area (Å²) in [6.07, 6.45) is 0. The van der Waals surface area contributed by atoms with Crippen molar-refractivity contribution < 1.29 is 0 Å². The third-order valence-electron chi connectivity index (χ3n) is 11.7. The minimum absolute atomic E-state index is 0.0918. The van der Waals surface area contributed by atoms with Crippen LogP contribution in [0.2, 0.25) is 0 Å². The number of benzene rings is 7. The highest BCUT2D eigenvalue weighted by atomic mass is 15.2. The second-order valence-electron chi connectivity index (χ2n) is 16.6. The van der Waals surface area contributed by atoms with Crippen LogP contribution in [0.15, 0.2) is 146 Å². The molecule has 0 heterocycles. The van der Waals surface area contributed by atoms with Crippen LogP contribution in [-0.2, 0) is 16.2 Å². The van der Waals surface area contributed by atoms with E-state index in [1.807, 2.05) is 0 Å². The van der Waals surface area contributed by atoms with Crippen molar-refractivity contribution in [1.29, 1.82) is 0 Å². The molecule has 7 aromatic rings. The van der Waals surface area contributed by atoms with Gasteiger partial charge in [-0.2, -0.15) is 0 Å². The Hall–Kier alpha value is -5.40. The molecular formula is C50H45N. The number of hydrogen-bond donors (Lipinski definition) is 0. The highest BCUT2D eigenvalue weighted by molar-refractivity contribution is 6.03. The van der Waals surface area contributed by atoms with Gasteiger partial charge in [0.25, 0.3) is 0 Å². The van der Waals surface area contributed by atoms with Crippen molar-refractivity contribution in [3.8, 4) is 33.4 Å². The topological polar surface area (TPSA) is 3.24 Å². The van der Waals surface area contributed by atoms with E-state index in [0.29, 0.717) is 0 Å². The Kier molecular flexibility index (Phi) is 6.84. The number of fused-ring (bicyclic) bond motifs is 7. The first-order valence-electron chi connectivity index (χ1n) is 18.4. The van der Waals surface area contributed by atoms with E-state index in [9.17, 15) is 0 Å². The van der Waals surface area contributed by atoms with E-state index in [2.05, 4.69) is 199 Å². The van der Waals surface area contributed by atoms with Gasteiger partial charge in [-0.05, 0) is 102 Å². The fourth-order valence-corrected chi connectivity index (χ4v) is 9.48. The quantitative estimate of drug-likeness (QED) is 0.182. The molecular weight excluding hydrogens is 615 g/mol. The molecule has 0 saturated carbocycles. The van der Waals surface area contributed by atoms with Gasteiger partial charge in [0.05, 0.1) is 5.69 Å². The molecule has 0 amide bonds. The van der Waals surface area contributed by atoms with E-state index in [0.717, 1.165) is 5.69 Å². The van der Waals surface area contributed by atoms with Crippen LogP contribution in [0.25, 0.3) is 44.2 Å². The van der Waals surface area contributed by atoms with Gasteiger partial charge in [-0.1, -0.05) is 170 Å². The van der Waals surface area contributed by atoms with Gasteiger partial charge in [-0.25, -0.2) is 0 Å². The lowest BCUT2D eigenvalue weighted by molar-refractivity contribution is 0.587. The van der Waals surface area contributed by atoms with E-state index in [1.54, 1.807) is 0 Å². The molecule has 1 nitrogen and oxygen atoms in total. The maximum atomic E-state index is 2.58. The largest absolute Gasteiger partial charge is 0.310 e. The third-order valence-corrected chi connectivity index (χ3v) is 11.7. The highest BCUT2D eigenvalue weighted by Gasteiger charge is 2.50. The summed E-state index contributed by atoms with van der Waals surface area (Å²) in [5.41, 5.74) is 18.3. The molecule has 0 N–H and O–H groups in total. The van der Waals surface area contributed by atoms with Gasteiger partial charge in [0, 0.05) is 22.2 Å². The van der Waals surface area contributed by atoms with Crippen molar-refractivity contribution in [3.05, 3.63) is 173 Å². The summed E-state index contributed by atoms with van der Waals surface area (Å²) in [5, 5.41) is 2.54. The Morgan fingerprint density at radius 2 is 0.922 bits per heavy atom. The van der Waals surface area contributed by atoms with Crippen molar-refractivity contribution in [2.24, 2.45) is 0 Å². The summed E-state index contributed by atoms with van der Waals surface area (Å²) in [7, 11) is 0. The maximum Gasteiger partial charge on any atom is 0.0556 e. The smallest absolute Gasteiger partial charge is 0.0556 e. The molecule has 0 saturated heterocycles. The Bertz CT molecular complexity index is 2400. The molecule has 0 fully saturated rings. The molecule has 9 rings (SSSR count). The van der Waals surface area contributed by atoms with Crippen molar-refractivity contribution >= 4 is 27.8 Å². The Morgan fingerprint density at radius 1 is 0.451 bits per heavy atom. The van der Waals surface area contributed by atoms with Crippen LogP contribution in [-0.4, -0.2) is 0 Å². The van der Waals surface area contributed by atoms with Gasteiger partial charge in [-0.3, -0.25) is 0 Å². The van der Waals surface area contributed by atoms with Gasteiger partial charge in [0.2, 0.25) is 0 Å². The summed E-state index contributed by atoms with van der Waals surface area (Å²) in [6, 6.07) is 54.0. The summed E-state index contributed by atoms with van der Waals surface area (Å²) in [4.78, 5) is 2.58. The molecule has 2 aliphatic rings. The predicted molar refractivity (Wildman–Crippen MR) is 218 cm³/mol. The van der Waals surface area contributed by atoms with E-state index in [4.69, 9.17) is 0 Å². The molecule has 7 aromatic carbocycles. The summed E-state index contributed by atoms with van der Waals surface area (Å²) < 4.78 is 0. The Morgan fingerprint density at radius 3 is 1.51 bits per heavy atom. The number of anilines is 3. The molecule has 0 radical (unpaired) electrons. The highest BCUT2D eigenvalue weighted by Crippen LogP contribution is 2.65. The molecule has 1 heteroatoms. The lowest BCUT2D eigenvalue weighted by Gasteiger charge is -2.39. The average Bonchev–Trinajstić information content (AvgIpc) is 3.51. The van der Waals surface area contributed by atoms with Crippen molar-refractivity contribution in [3.63, 3.8) is 0 Å². The third kappa shape index (κ3) is 4.53. The zero-order chi connectivity index (χ0) is 35.3. The van der Waals surface area contributed by atoms with Gasteiger partial charge in [0.1, 0.15) is 0 Å². The number of para-hydroxylation sites is 1. The zero-order valence-electron chi connectivity index (χ0n) is 30.8. The average molecular weight is 660 g/mol. The lowest BCUT2D eigenvalue weighted by atomic mass is 9.71. The summed E-state index contributed by atoms with van der Waals surface area (Å²) in [6.45, 7) is 17.0. The van der Waals surface area contributed by atoms with E-state index >= 15 is 0 Å². The fraction of sp³-hybridized carbons (Fsp3) is 0.200. The molecule has 0 bridgehead atoms. The minimum atomic E-state index is -0.225. The summed E-state index contributed by atoms with van der Waals surface area (Å²) >= 11 is 0. The van der Waals surface area contributed by atoms with Crippen molar-refractivity contribution in [2.45, 2.75) is 64.7 Å². The Labute approximate surface area is 303 Å². The minimum Gasteiger partial charge on any atom is -0.310 e. The van der Waals surface area contributed by atoms with Crippen LogP contribution >= 0.6 is 0 Å². The number of nitrogens with zero attached hydrogens (tertiary/aromatic N) is 1.